The van der Waals surface area contributed by atoms with E-state index in [9.17, 15) is 19.3 Å². The lowest BCUT2D eigenvalue weighted by Crippen LogP contribution is -2.42. The zero-order valence-electron chi connectivity index (χ0n) is 11.8. The van der Waals surface area contributed by atoms with Crippen LogP contribution in [0.3, 0.4) is 0 Å². The van der Waals surface area contributed by atoms with Gasteiger partial charge in [0.2, 0.25) is 0 Å². The summed E-state index contributed by atoms with van der Waals surface area (Å²) in [6.45, 7) is 2.33. The van der Waals surface area contributed by atoms with Gasteiger partial charge >= 0.3 is 11.7 Å². The first kappa shape index (κ1) is 16.8. The molecule has 21 heavy (non-hydrogen) atoms. The smallest absolute Gasteiger partial charge is 0.326 e. The summed E-state index contributed by atoms with van der Waals surface area (Å²) in [7, 11) is 1.24. The molecule has 7 nitrogen and oxygen atoms in total. The molecule has 0 aliphatic carbocycles. The Bertz CT molecular complexity index is 509. The van der Waals surface area contributed by atoms with E-state index in [0.29, 0.717) is 6.54 Å². The number of esters is 1. The quantitative estimate of drug-likeness (QED) is 0.446. The minimum Gasteiger partial charge on any atom is -0.485 e. The number of hydrogen-bond donors (Lipinski definition) is 1. The van der Waals surface area contributed by atoms with Gasteiger partial charge < -0.3 is 14.8 Å². The fraction of sp³-hybridized carbons (Fsp3) is 0.462. The maximum Gasteiger partial charge on any atom is 0.326 e. The van der Waals surface area contributed by atoms with Crippen molar-refractivity contribution in [2.24, 2.45) is 0 Å². The van der Waals surface area contributed by atoms with Crippen molar-refractivity contribution in [3.8, 4) is 5.75 Å². The molecule has 0 aliphatic rings. The summed E-state index contributed by atoms with van der Waals surface area (Å²) in [5.74, 6) is -1.37. The summed E-state index contributed by atoms with van der Waals surface area (Å²) in [4.78, 5) is 21.6. The van der Waals surface area contributed by atoms with Crippen molar-refractivity contribution in [2.45, 2.75) is 19.4 Å². The van der Waals surface area contributed by atoms with Crippen LogP contribution < -0.4 is 10.1 Å². The van der Waals surface area contributed by atoms with E-state index in [1.54, 1.807) is 0 Å². The van der Waals surface area contributed by atoms with Crippen molar-refractivity contribution in [3.63, 3.8) is 0 Å². The van der Waals surface area contributed by atoms with Gasteiger partial charge in [0, 0.05) is 0 Å². The molecule has 0 heterocycles. The second kappa shape index (κ2) is 8.15. The van der Waals surface area contributed by atoms with Crippen LogP contribution in [0.1, 0.15) is 13.3 Å². The van der Waals surface area contributed by atoms with E-state index in [4.69, 9.17) is 4.74 Å². The normalized spacial score (nSPS) is 11.8. The zero-order valence-corrected chi connectivity index (χ0v) is 11.8. The van der Waals surface area contributed by atoms with Gasteiger partial charge in [-0.3, -0.25) is 14.9 Å². The second-order valence-electron chi connectivity index (χ2n) is 4.21. The molecule has 0 fully saturated rings. The molecule has 1 N–H and O–H groups in total. The Hall–Kier alpha value is -2.22. The topological polar surface area (TPSA) is 90.7 Å². The number of methoxy groups -OCH3 is 1. The van der Waals surface area contributed by atoms with E-state index < -0.39 is 28.4 Å². The number of benzene rings is 1. The van der Waals surface area contributed by atoms with Crippen LogP contribution in [0, 0.1) is 15.9 Å². The molecule has 0 bridgehead atoms. The van der Waals surface area contributed by atoms with Crippen LogP contribution >= 0.6 is 0 Å². The lowest BCUT2D eigenvalue weighted by Gasteiger charge is -2.16. The maximum atomic E-state index is 13.0. The Morgan fingerprint density at radius 2 is 2.24 bits per heavy atom. The highest BCUT2D eigenvalue weighted by Crippen LogP contribution is 2.27. The van der Waals surface area contributed by atoms with Gasteiger partial charge in [-0.25, -0.2) is 4.39 Å². The van der Waals surface area contributed by atoms with Crippen LogP contribution in [0.5, 0.6) is 5.75 Å². The van der Waals surface area contributed by atoms with Gasteiger partial charge in [-0.15, -0.1) is 0 Å². The predicted molar refractivity (Wildman–Crippen MR) is 72.6 cm³/mol. The van der Waals surface area contributed by atoms with E-state index in [1.165, 1.54) is 7.11 Å². The molecule has 0 aliphatic heterocycles. The molecule has 1 aromatic carbocycles. The molecule has 1 rings (SSSR count). The fourth-order valence-corrected chi connectivity index (χ4v) is 1.60. The molecule has 1 aromatic rings. The Kier molecular flexibility index (Phi) is 6.54. The first-order chi connectivity index (χ1) is 9.99. The summed E-state index contributed by atoms with van der Waals surface area (Å²) in [6.07, 6.45) is 0.796. The number of nitro benzene ring substituents is 1. The SMILES string of the molecule is CCCNC(COc1ccc(F)cc1[N+](=O)[O-])C(=O)OC. The van der Waals surface area contributed by atoms with Gasteiger partial charge in [-0.2, -0.15) is 0 Å². The van der Waals surface area contributed by atoms with Crippen LogP contribution in [0.15, 0.2) is 18.2 Å². The van der Waals surface area contributed by atoms with E-state index in [0.717, 1.165) is 24.6 Å². The fourth-order valence-electron chi connectivity index (χ4n) is 1.60. The summed E-state index contributed by atoms with van der Waals surface area (Å²) in [6, 6.07) is 2.22. The van der Waals surface area contributed by atoms with E-state index in [-0.39, 0.29) is 12.4 Å². The summed E-state index contributed by atoms with van der Waals surface area (Å²) >= 11 is 0. The van der Waals surface area contributed by atoms with E-state index in [2.05, 4.69) is 10.1 Å². The minimum atomic E-state index is -0.750. The third-order valence-corrected chi connectivity index (χ3v) is 2.65. The first-order valence-corrected chi connectivity index (χ1v) is 6.37. The molecule has 1 atom stereocenters. The highest BCUT2D eigenvalue weighted by molar-refractivity contribution is 5.75. The van der Waals surface area contributed by atoms with Crippen LogP contribution in [-0.2, 0) is 9.53 Å². The Balaban J connectivity index is 2.79. The van der Waals surface area contributed by atoms with Crippen molar-refractivity contribution in [1.29, 1.82) is 0 Å². The van der Waals surface area contributed by atoms with Crippen LogP contribution in [-0.4, -0.2) is 37.2 Å². The second-order valence-corrected chi connectivity index (χ2v) is 4.21. The minimum absolute atomic E-state index is 0.103. The van der Waals surface area contributed by atoms with Gasteiger partial charge in [-0.1, -0.05) is 6.92 Å². The average Bonchev–Trinajstić information content (AvgIpc) is 2.47. The highest BCUT2D eigenvalue weighted by Gasteiger charge is 2.22. The number of carbonyl (C=O) groups is 1. The molecule has 8 heteroatoms. The number of ether oxygens (including phenoxy) is 2. The van der Waals surface area contributed by atoms with Crippen molar-refractivity contribution >= 4 is 11.7 Å². The number of rotatable bonds is 8. The lowest BCUT2D eigenvalue weighted by molar-refractivity contribution is -0.386. The monoisotopic (exact) mass is 300 g/mol. The number of nitro groups is 1. The Labute approximate surface area is 121 Å². The largest absolute Gasteiger partial charge is 0.485 e. The molecule has 0 saturated heterocycles. The molecule has 0 aromatic heterocycles. The first-order valence-electron chi connectivity index (χ1n) is 6.37. The van der Waals surface area contributed by atoms with Crippen molar-refractivity contribution < 1.29 is 23.6 Å². The summed E-state index contributed by atoms with van der Waals surface area (Å²) in [5.41, 5.74) is -0.492. The maximum absolute atomic E-state index is 13.0. The van der Waals surface area contributed by atoms with E-state index >= 15 is 0 Å². The van der Waals surface area contributed by atoms with Gasteiger partial charge in [0.15, 0.2) is 5.75 Å². The molecule has 0 radical (unpaired) electrons. The van der Waals surface area contributed by atoms with Crippen molar-refractivity contribution in [1.82, 2.24) is 5.32 Å². The van der Waals surface area contributed by atoms with Crippen LogP contribution in [0.2, 0.25) is 0 Å². The summed E-state index contributed by atoms with van der Waals surface area (Å²) < 4.78 is 22.9. The molecular weight excluding hydrogens is 283 g/mol. The number of carbonyl (C=O) groups excluding carboxylic acids is 1. The predicted octanol–water partition coefficient (Wildman–Crippen LogP) is 1.65. The van der Waals surface area contributed by atoms with Gasteiger partial charge in [0.1, 0.15) is 18.5 Å². The third kappa shape index (κ3) is 4.99. The number of hydrogen-bond acceptors (Lipinski definition) is 6. The number of nitrogens with one attached hydrogen (secondary N) is 1. The Morgan fingerprint density at radius 3 is 2.81 bits per heavy atom. The molecule has 1 unspecified atom stereocenters. The number of nitrogens with zero attached hydrogens (tertiary/aromatic N) is 1. The van der Waals surface area contributed by atoms with Crippen molar-refractivity contribution in [3.05, 3.63) is 34.1 Å². The standard InChI is InChI=1S/C13H17FN2O5/c1-3-6-15-10(13(17)20-2)8-21-12-5-4-9(14)7-11(12)16(18)19/h4-5,7,10,15H,3,6,8H2,1-2H3. The molecular formula is C13H17FN2O5. The molecule has 116 valence electrons. The van der Waals surface area contributed by atoms with Gasteiger partial charge in [0.25, 0.3) is 0 Å². The lowest BCUT2D eigenvalue weighted by atomic mass is 10.2. The van der Waals surface area contributed by atoms with Crippen LogP contribution in [0.25, 0.3) is 0 Å². The molecule has 0 saturated carbocycles. The average molecular weight is 300 g/mol. The van der Waals surface area contributed by atoms with E-state index in [1.807, 2.05) is 6.92 Å². The van der Waals surface area contributed by atoms with Gasteiger partial charge in [0.05, 0.1) is 18.1 Å². The number of halogens is 1. The molecule has 0 spiro atoms. The zero-order chi connectivity index (χ0) is 15.8. The third-order valence-electron chi connectivity index (χ3n) is 2.65. The van der Waals surface area contributed by atoms with Crippen molar-refractivity contribution in [2.75, 3.05) is 20.3 Å². The molecule has 0 amide bonds. The van der Waals surface area contributed by atoms with Gasteiger partial charge in [-0.05, 0) is 25.1 Å². The highest BCUT2D eigenvalue weighted by atomic mass is 19.1. The van der Waals surface area contributed by atoms with Crippen LogP contribution in [0.4, 0.5) is 10.1 Å². The summed E-state index contributed by atoms with van der Waals surface area (Å²) in [5, 5.41) is 13.7. The Morgan fingerprint density at radius 1 is 1.52 bits per heavy atom.